The molecule has 596 valence electrons. The predicted octanol–water partition coefficient (Wildman–Crippen LogP) is -0.343. The standard InChI is InChI=1S/C71H127N7O25/c1-46(2)97-40-31-50(83)24-21-30-60(89)74-33-16-13-25-52(53(85)26-14-17-34-73-58(87)27-9-6-18-37-98-69-47(3)63(91)65(93)54(43-79)101-69)78(42-61(90)76-36-22-35-75-59(88)29-10-7-19-38-99-70-48(4)64(92)66(94)55(44-80)102-70)41-51(84)23-12-15-32-72-57(86)28-11-8-20-39-100-71-62(77-49(5)82)68(96)67(95)56(45-81)103-71/h46-48,52,54-56,62-71,79-81,91-96H,6-45H2,1-5H3,(H,72,86)(H,73,87)(H,74,89)(H,75,88)(H,76,90)(H,77,82)/t47?,48?,52?,54?,55?,56?,62?,63-,64-,65+,66+,67+,68-,69-,70-,71-/m1/s1. The zero-order valence-electron chi connectivity index (χ0n) is 61.6. The number of aliphatic hydroxyl groups is 9. The fourth-order valence-electron chi connectivity index (χ4n) is 12.2. The zero-order chi connectivity index (χ0) is 76.1. The third-order valence-electron chi connectivity index (χ3n) is 18.4. The fraction of sp³-hybridized carbons (Fsp3) is 0.873. The van der Waals surface area contributed by atoms with Crippen LogP contribution in [0.4, 0.5) is 0 Å². The van der Waals surface area contributed by atoms with Crippen LogP contribution in [0, 0.1) is 11.8 Å². The highest BCUT2D eigenvalue weighted by molar-refractivity contribution is 5.88. The van der Waals surface area contributed by atoms with Gasteiger partial charge in [-0.25, -0.2) is 0 Å². The summed E-state index contributed by atoms with van der Waals surface area (Å²) in [6, 6.07) is -1.96. The molecule has 15 N–H and O–H groups in total. The van der Waals surface area contributed by atoms with Crippen LogP contribution in [-0.4, -0.2) is 288 Å². The Balaban J connectivity index is 1.58. The van der Waals surface area contributed by atoms with E-state index in [1.54, 1.807) is 18.7 Å². The Bertz CT molecular complexity index is 2430. The lowest BCUT2D eigenvalue weighted by Crippen LogP contribution is -2.64. The van der Waals surface area contributed by atoms with E-state index in [2.05, 4.69) is 31.9 Å². The highest BCUT2D eigenvalue weighted by Crippen LogP contribution is 2.29. The number of Topliss-reactive ketones (excluding diaryl/α,β-unsaturated/α-hetero) is 3. The van der Waals surface area contributed by atoms with E-state index >= 15 is 0 Å². The summed E-state index contributed by atoms with van der Waals surface area (Å²) in [6.45, 7) is 8.61. The molecule has 3 aliphatic rings. The van der Waals surface area contributed by atoms with Crippen LogP contribution in [0.5, 0.6) is 0 Å². The molecule has 3 heterocycles. The fourth-order valence-corrected chi connectivity index (χ4v) is 12.2. The maximum absolute atomic E-state index is 14.5. The second kappa shape index (κ2) is 53.8. The molecular weight excluding hydrogens is 1350 g/mol. The van der Waals surface area contributed by atoms with E-state index < -0.39 is 129 Å². The molecule has 3 aliphatic heterocycles. The van der Waals surface area contributed by atoms with Crippen LogP contribution in [0.25, 0.3) is 0 Å². The van der Waals surface area contributed by atoms with E-state index in [4.69, 9.17) is 33.2 Å². The number of hydrogen-bond donors (Lipinski definition) is 15. The molecule has 0 aromatic carbocycles. The van der Waals surface area contributed by atoms with Gasteiger partial charge >= 0.3 is 0 Å². The number of amides is 6. The first-order valence-corrected chi connectivity index (χ1v) is 37.6. The highest BCUT2D eigenvalue weighted by atomic mass is 16.7. The Kier molecular flexibility index (Phi) is 48.3. The Morgan fingerprint density at radius 3 is 1.24 bits per heavy atom. The second-order valence-electron chi connectivity index (χ2n) is 27.6. The van der Waals surface area contributed by atoms with Crippen molar-refractivity contribution in [2.24, 2.45) is 11.8 Å². The summed E-state index contributed by atoms with van der Waals surface area (Å²) >= 11 is 0. The van der Waals surface area contributed by atoms with Gasteiger partial charge in [0.15, 0.2) is 18.9 Å². The van der Waals surface area contributed by atoms with E-state index in [-0.39, 0.29) is 164 Å². The number of unbranched alkanes of at least 4 members (excludes halogenated alkanes) is 9. The van der Waals surface area contributed by atoms with Crippen molar-refractivity contribution in [1.29, 1.82) is 0 Å². The summed E-state index contributed by atoms with van der Waals surface area (Å²) in [6.07, 6.45) is -3.00. The van der Waals surface area contributed by atoms with Crippen LogP contribution >= 0.6 is 0 Å². The number of aliphatic hydroxyl groups excluding tert-OH is 9. The second-order valence-corrected chi connectivity index (χ2v) is 27.6. The molecule has 103 heavy (non-hydrogen) atoms. The Morgan fingerprint density at radius 1 is 0.398 bits per heavy atom. The minimum Gasteiger partial charge on any atom is -0.394 e. The number of nitrogens with zero attached hydrogens (tertiary/aromatic N) is 1. The van der Waals surface area contributed by atoms with Gasteiger partial charge in [0.25, 0.3) is 0 Å². The van der Waals surface area contributed by atoms with E-state index in [0.717, 1.165) is 0 Å². The number of carbonyl (C=O) groups is 9. The number of nitrogens with one attached hydrogen (secondary N) is 6. The topological polar surface area (TPSA) is 476 Å². The number of ketones is 3. The number of hydrogen-bond acceptors (Lipinski definition) is 26. The quantitative estimate of drug-likeness (QED) is 0.0346. The van der Waals surface area contributed by atoms with E-state index in [1.807, 2.05) is 13.8 Å². The molecule has 0 aliphatic carbocycles. The Labute approximate surface area is 607 Å². The molecule has 3 fully saturated rings. The van der Waals surface area contributed by atoms with Crippen molar-refractivity contribution < 1.29 is 122 Å². The smallest absolute Gasteiger partial charge is 0.234 e. The van der Waals surface area contributed by atoms with Gasteiger partial charge in [-0.1, -0.05) is 33.1 Å². The van der Waals surface area contributed by atoms with Crippen LogP contribution in [0.3, 0.4) is 0 Å². The van der Waals surface area contributed by atoms with Crippen molar-refractivity contribution in [1.82, 2.24) is 36.8 Å². The molecule has 16 atom stereocenters. The summed E-state index contributed by atoms with van der Waals surface area (Å²) in [5, 5.41) is 107. The predicted molar refractivity (Wildman–Crippen MR) is 374 cm³/mol. The summed E-state index contributed by atoms with van der Waals surface area (Å²) in [4.78, 5) is 119. The van der Waals surface area contributed by atoms with Gasteiger partial charge in [-0.3, -0.25) is 48.1 Å². The average molecular weight is 1480 g/mol. The third-order valence-corrected chi connectivity index (χ3v) is 18.4. The van der Waals surface area contributed by atoms with Crippen molar-refractivity contribution in [2.45, 2.75) is 294 Å². The van der Waals surface area contributed by atoms with Gasteiger partial charge in [0, 0.05) is 123 Å². The summed E-state index contributed by atoms with van der Waals surface area (Å²) < 4.78 is 39.6. The van der Waals surface area contributed by atoms with Gasteiger partial charge in [-0.15, -0.1) is 0 Å². The molecule has 0 bridgehead atoms. The summed E-state index contributed by atoms with van der Waals surface area (Å²) in [7, 11) is 0. The van der Waals surface area contributed by atoms with E-state index in [9.17, 15) is 89.1 Å². The Hall–Kier alpha value is -4.85. The van der Waals surface area contributed by atoms with Gasteiger partial charge in [-0.2, -0.15) is 0 Å². The van der Waals surface area contributed by atoms with Crippen molar-refractivity contribution in [2.75, 3.05) is 92.1 Å². The minimum absolute atomic E-state index is 0.00480. The highest BCUT2D eigenvalue weighted by Gasteiger charge is 2.46. The maximum atomic E-state index is 14.5. The lowest BCUT2D eigenvalue weighted by molar-refractivity contribution is -0.282. The van der Waals surface area contributed by atoms with Gasteiger partial charge in [0.05, 0.1) is 63.9 Å². The van der Waals surface area contributed by atoms with Gasteiger partial charge in [0.2, 0.25) is 35.4 Å². The molecule has 0 radical (unpaired) electrons. The molecular formula is C71H127N7O25. The number of carbonyl (C=O) groups excluding carboxylic acids is 9. The zero-order valence-corrected chi connectivity index (χ0v) is 61.6. The molecule has 0 aromatic heterocycles. The lowest BCUT2D eigenvalue weighted by atomic mass is 9.92. The molecule has 0 saturated carbocycles. The summed E-state index contributed by atoms with van der Waals surface area (Å²) in [5.41, 5.74) is 0. The first kappa shape index (κ1) is 92.4. The van der Waals surface area contributed by atoms with Gasteiger partial charge in [-0.05, 0) is 110 Å². The molecule has 3 rings (SSSR count). The average Bonchev–Trinajstić information content (AvgIpc) is 0.833. The van der Waals surface area contributed by atoms with E-state index in [1.165, 1.54) is 6.92 Å². The lowest BCUT2D eigenvalue weighted by Gasteiger charge is -2.42. The van der Waals surface area contributed by atoms with Crippen LogP contribution in [0.2, 0.25) is 0 Å². The number of rotatable bonds is 58. The summed E-state index contributed by atoms with van der Waals surface area (Å²) in [5.74, 6) is -3.19. The molecule has 0 spiro atoms. The van der Waals surface area contributed by atoms with Crippen molar-refractivity contribution in [3.05, 3.63) is 0 Å². The van der Waals surface area contributed by atoms with Crippen molar-refractivity contribution >= 4 is 52.8 Å². The van der Waals surface area contributed by atoms with Crippen LogP contribution in [0.1, 0.15) is 202 Å². The minimum atomic E-state index is -1.44. The van der Waals surface area contributed by atoms with E-state index in [0.29, 0.717) is 122 Å². The normalized spacial score (nSPS) is 25.2. The molecule has 7 unspecified atom stereocenters. The maximum Gasteiger partial charge on any atom is 0.234 e. The first-order valence-electron chi connectivity index (χ1n) is 37.6. The van der Waals surface area contributed by atoms with Crippen LogP contribution in [-0.2, 0) is 76.3 Å². The first-order chi connectivity index (χ1) is 49.3. The van der Waals surface area contributed by atoms with Crippen LogP contribution < -0.4 is 31.9 Å². The molecule has 32 heteroatoms. The molecule has 0 aromatic rings. The van der Waals surface area contributed by atoms with Gasteiger partial charge < -0.3 is 111 Å². The number of ether oxygens (including phenoxy) is 7. The van der Waals surface area contributed by atoms with Gasteiger partial charge in [0.1, 0.15) is 66.1 Å². The van der Waals surface area contributed by atoms with Crippen LogP contribution in [0.15, 0.2) is 0 Å². The van der Waals surface area contributed by atoms with Crippen molar-refractivity contribution in [3.63, 3.8) is 0 Å². The monoisotopic (exact) mass is 1480 g/mol. The molecule has 6 amide bonds. The SMILES string of the molecule is CC(=O)NC1[C@H](OCCCCCC(=O)NCCCCC(=O)CN(CC(=O)NCCCNC(=O)CCCCCO[C@@H]2OC(CO)[C@H](O)[C@H](O)C2C)C(CCCCNC(=O)CCCC(=O)CCOC(C)C)C(=O)CCCCNC(=O)CCCCCO[C@@H]2OC(CO)[C@H](O)[C@H](O)C2C)OC(CO)[C@H](O)[C@@H]1O. The molecule has 32 nitrogen and oxygen atoms in total. The third kappa shape index (κ3) is 38.0. The molecule has 3 saturated heterocycles. The largest absolute Gasteiger partial charge is 0.394 e. The Morgan fingerprint density at radius 2 is 0.786 bits per heavy atom. The van der Waals surface area contributed by atoms with Crippen molar-refractivity contribution in [3.8, 4) is 0 Å².